The van der Waals surface area contributed by atoms with Crippen LogP contribution in [-0.2, 0) is 6.54 Å². The highest BCUT2D eigenvalue weighted by atomic mass is 16.6. The number of nitriles is 1. The van der Waals surface area contributed by atoms with Gasteiger partial charge in [0.05, 0.1) is 12.0 Å². The van der Waals surface area contributed by atoms with Gasteiger partial charge >= 0.3 is 0 Å². The SMILES string of the molecule is COc1cc(CN)c([N+](=O)[O-])cc1C#N. The zero-order valence-electron chi connectivity index (χ0n) is 8.06. The lowest BCUT2D eigenvalue weighted by atomic mass is 10.1. The number of ether oxygens (including phenoxy) is 1. The Balaban J connectivity index is 3.42. The van der Waals surface area contributed by atoms with Crippen molar-refractivity contribution in [3.63, 3.8) is 0 Å². The van der Waals surface area contributed by atoms with E-state index in [0.717, 1.165) is 0 Å². The van der Waals surface area contributed by atoms with Gasteiger partial charge in [-0.3, -0.25) is 10.1 Å². The Hall–Kier alpha value is -2.13. The predicted molar refractivity (Wildman–Crippen MR) is 52.3 cm³/mol. The van der Waals surface area contributed by atoms with Gasteiger partial charge in [-0.1, -0.05) is 0 Å². The number of nitrogens with zero attached hydrogens (tertiary/aromatic N) is 2. The van der Waals surface area contributed by atoms with Gasteiger partial charge in [0.15, 0.2) is 0 Å². The summed E-state index contributed by atoms with van der Waals surface area (Å²) in [6.45, 7) is 0.0262. The fourth-order valence-electron chi connectivity index (χ4n) is 1.20. The van der Waals surface area contributed by atoms with Crippen LogP contribution < -0.4 is 10.5 Å². The Morgan fingerprint density at radius 2 is 2.33 bits per heavy atom. The zero-order valence-corrected chi connectivity index (χ0v) is 8.06. The topological polar surface area (TPSA) is 102 Å². The molecular weight excluding hydrogens is 198 g/mol. The Labute approximate surface area is 86.0 Å². The number of nitro groups is 1. The Kier molecular flexibility index (Phi) is 3.21. The molecule has 0 saturated carbocycles. The standard InChI is InChI=1S/C9H9N3O3/c1-15-9-3-6(4-10)8(12(13)14)2-7(9)5-11/h2-3H,4,10H2,1H3. The summed E-state index contributed by atoms with van der Waals surface area (Å²) in [5.74, 6) is 0.295. The average molecular weight is 207 g/mol. The van der Waals surface area contributed by atoms with Crippen molar-refractivity contribution >= 4 is 5.69 Å². The molecule has 1 rings (SSSR count). The highest BCUT2D eigenvalue weighted by Crippen LogP contribution is 2.27. The van der Waals surface area contributed by atoms with Crippen LogP contribution in [0, 0.1) is 21.4 Å². The Morgan fingerprint density at radius 1 is 1.67 bits per heavy atom. The van der Waals surface area contributed by atoms with E-state index >= 15 is 0 Å². The third-order valence-corrected chi connectivity index (χ3v) is 1.94. The summed E-state index contributed by atoms with van der Waals surface area (Å²) < 4.78 is 4.91. The van der Waals surface area contributed by atoms with Gasteiger partial charge < -0.3 is 10.5 Å². The zero-order chi connectivity index (χ0) is 11.4. The van der Waals surface area contributed by atoms with E-state index < -0.39 is 4.92 Å². The third kappa shape index (κ3) is 2.03. The van der Waals surface area contributed by atoms with Gasteiger partial charge in [0.1, 0.15) is 17.4 Å². The molecule has 15 heavy (non-hydrogen) atoms. The molecule has 0 unspecified atom stereocenters. The third-order valence-electron chi connectivity index (χ3n) is 1.94. The smallest absolute Gasteiger partial charge is 0.275 e. The first-order valence-electron chi connectivity index (χ1n) is 4.09. The number of hydrogen-bond donors (Lipinski definition) is 1. The molecule has 0 bridgehead atoms. The first kappa shape index (κ1) is 10.9. The molecular formula is C9H9N3O3. The molecule has 1 aromatic rings. The first-order chi connectivity index (χ1) is 7.13. The number of nitro benzene ring substituents is 1. The van der Waals surface area contributed by atoms with Gasteiger partial charge in [-0.2, -0.15) is 5.26 Å². The van der Waals surface area contributed by atoms with Crippen molar-refractivity contribution in [3.05, 3.63) is 33.4 Å². The minimum atomic E-state index is -0.567. The van der Waals surface area contributed by atoms with E-state index in [9.17, 15) is 10.1 Å². The van der Waals surface area contributed by atoms with E-state index in [1.54, 1.807) is 0 Å². The highest BCUT2D eigenvalue weighted by Gasteiger charge is 2.17. The van der Waals surface area contributed by atoms with Crippen molar-refractivity contribution in [1.82, 2.24) is 0 Å². The van der Waals surface area contributed by atoms with E-state index in [1.165, 1.54) is 19.2 Å². The highest BCUT2D eigenvalue weighted by molar-refractivity contribution is 5.55. The van der Waals surface area contributed by atoms with Crippen molar-refractivity contribution in [3.8, 4) is 11.8 Å². The molecule has 1 aromatic carbocycles. The number of benzene rings is 1. The number of nitrogens with two attached hydrogens (primary N) is 1. The summed E-state index contributed by atoms with van der Waals surface area (Å²) in [5.41, 5.74) is 5.67. The second-order valence-corrected chi connectivity index (χ2v) is 2.75. The summed E-state index contributed by atoms with van der Waals surface area (Å²) in [6, 6.07) is 4.40. The molecule has 0 aliphatic carbocycles. The maximum absolute atomic E-state index is 10.6. The summed E-state index contributed by atoms with van der Waals surface area (Å²) in [4.78, 5) is 10.1. The summed E-state index contributed by atoms with van der Waals surface area (Å²) in [7, 11) is 1.39. The minimum Gasteiger partial charge on any atom is -0.495 e. The van der Waals surface area contributed by atoms with Gasteiger partial charge in [0, 0.05) is 18.2 Å². The van der Waals surface area contributed by atoms with E-state index in [1.807, 2.05) is 6.07 Å². The van der Waals surface area contributed by atoms with Crippen LogP contribution in [0.3, 0.4) is 0 Å². The van der Waals surface area contributed by atoms with Crippen LogP contribution in [0.5, 0.6) is 5.75 Å². The van der Waals surface area contributed by atoms with Gasteiger partial charge in [0.25, 0.3) is 5.69 Å². The molecule has 0 atom stereocenters. The predicted octanol–water partition coefficient (Wildman–Crippen LogP) is 0.934. The van der Waals surface area contributed by atoms with Crippen molar-refractivity contribution in [2.24, 2.45) is 5.73 Å². The lowest BCUT2D eigenvalue weighted by Gasteiger charge is -2.05. The molecule has 0 radical (unpaired) electrons. The largest absolute Gasteiger partial charge is 0.495 e. The average Bonchev–Trinajstić information content (AvgIpc) is 2.26. The number of rotatable bonds is 3. The van der Waals surface area contributed by atoms with Crippen LogP contribution in [-0.4, -0.2) is 12.0 Å². The summed E-state index contributed by atoms with van der Waals surface area (Å²) in [6.07, 6.45) is 0. The van der Waals surface area contributed by atoms with E-state index in [-0.39, 0.29) is 17.8 Å². The molecule has 0 amide bonds. The molecule has 0 heterocycles. The summed E-state index contributed by atoms with van der Waals surface area (Å²) >= 11 is 0. The molecule has 0 spiro atoms. The van der Waals surface area contributed by atoms with E-state index in [2.05, 4.69) is 0 Å². The summed E-state index contributed by atoms with van der Waals surface area (Å²) in [5, 5.41) is 19.4. The molecule has 0 aliphatic heterocycles. The van der Waals surface area contributed by atoms with Crippen molar-refractivity contribution in [1.29, 1.82) is 5.26 Å². The monoisotopic (exact) mass is 207 g/mol. The van der Waals surface area contributed by atoms with Crippen LogP contribution in [0.25, 0.3) is 0 Å². The molecule has 2 N–H and O–H groups in total. The van der Waals surface area contributed by atoms with E-state index in [4.69, 9.17) is 15.7 Å². The van der Waals surface area contributed by atoms with Gasteiger partial charge in [-0.05, 0) is 6.07 Å². The molecule has 0 fully saturated rings. The van der Waals surface area contributed by atoms with Crippen molar-refractivity contribution in [2.45, 2.75) is 6.54 Å². The Morgan fingerprint density at radius 3 is 2.73 bits per heavy atom. The van der Waals surface area contributed by atoms with Crippen LogP contribution in [0.1, 0.15) is 11.1 Å². The fraction of sp³-hybridized carbons (Fsp3) is 0.222. The number of hydrogen-bond acceptors (Lipinski definition) is 5. The number of methoxy groups -OCH3 is 1. The second-order valence-electron chi connectivity index (χ2n) is 2.75. The quantitative estimate of drug-likeness (QED) is 0.586. The molecule has 0 aliphatic rings. The Bertz CT molecular complexity index is 437. The van der Waals surface area contributed by atoms with Crippen LogP contribution >= 0.6 is 0 Å². The maximum atomic E-state index is 10.6. The first-order valence-corrected chi connectivity index (χ1v) is 4.09. The fourth-order valence-corrected chi connectivity index (χ4v) is 1.20. The van der Waals surface area contributed by atoms with Crippen molar-refractivity contribution in [2.75, 3.05) is 7.11 Å². The lowest BCUT2D eigenvalue weighted by Crippen LogP contribution is -2.03. The van der Waals surface area contributed by atoms with Crippen molar-refractivity contribution < 1.29 is 9.66 Å². The molecule has 6 heteroatoms. The van der Waals surface area contributed by atoms with E-state index in [0.29, 0.717) is 11.3 Å². The molecule has 0 aromatic heterocycles. The van der Waals surface area contributed by atoms with Gasteiger partial charge in [0.2, 0.25) is 0 Å². The molecule has 78 valence electrons. The minimum absolute atomic E-state index is 0.0262. The molecule has 0 saturated heterocycles. The normalized spacial score (nSPS) is 9.40. The molecule has 6 nitrogen and oxygen atoms in total. The van der Waals surface area contributed by atoms with Gasteiger partial charge in [-0.25, -0.2) is 0 Å². The van der Waals surface area contributed by atoms with Crippen LogP contribution in [0.4, 0.5) is 5.69 Å². The van der Waals surface area contributed by atoms with Crippen LogP contribution in [0.2, 0.25) is 0 Å². The van der Waals surface area contributed by atoms with Crippen LogP contribution in [0.15, 0.2) is 12.1 Å². The lowest BCUT2D eigenvalue weighted by molar-refractivity contribution is -0.385. The second kappa shape index (κ2) is 4.39. The maximum Gasteiger partial charge on any atom is 0.275 e. The van der Waals surface area contributed by atoms with Gasteiger partial charge in [-0.15, -0.1) is 0 Å².